The van der Waals surface area contributed by atoms with Gasteiger partial charge in [0, 0.05) is 19.1 Å². The first-order chi connectivity index (χ1) is 9.24. The van der Waals surface area contributed by atoms with E-state index in [1.807, 2.05) is 12.1 Å². The first-order valence-corrected chi connectivity index (χ1v) is 7.28. The molecule has 1 aliphatic rings. The summed E-state index contributed by atoms with van der Waals surface area (Å²) in [6, 6.07) is 3.68. The van der Waals surface area contributed by atoms with Gasteiger partial charge < -0.3 is 14.2 Å². The first kappa shape index (κ1) is 14.8. The molecule has 0 aliphatic carbocycles. The zero-order valence-electron chi connectivity index (χ0n) is 11.0. The summed E-state index contributed by atoms with van der Waals surface area (Å²) in [5, 5.41) is 0.544. The van der Waals surface area contributed by atoms with Crippen LogP contribution in [0.4, 0.5) is 0 Å². The number of benzene rings is 1. The van der Waals surface area contributed by atoms with Crippen LogP contribution in [0.1, 0.15) is 18.4 Å². The van der Waals surface area contributed by atoms with Crippen LogP contribution in [0.5, 0.6) is 11.5 Å². The summed E-state index contributed by atoms with van der Waals surface area (Å²) in [7, 11) is 1.60. The van der Waals surface area contributed by atoms with Gasteiger partial charge in [-0.3, -0.25) is 0 Å². The molecule has 3 nitrogen and oxygen atoms in total. The maximum Gasteiger partial charge on any atom is 0.179 e. The third-order valence-corrected chi connectivity index (χ3v) is 3.84. The van der Waals surface area contributed by atoms with Crippen LogP contribution >= 0.6 is 23.2 Å². The minimum absolute atomic E-state index is 0.399. The summed E-state index contributed by atoms with van der Waals surface area (Å²) >= 11 is 12.0. The Hall–Kier alpha value is -0.640. The van der Waals surface area contributed by atoms with E-state index in [4.69, 9.17) is 37.4 Å². The Labute approximate surface area is 123 Å². The zero-order valence-corrected chi connectivity index (χ0v) is 12.5. The molecule has 1 saturated heterocycles. The van der Waals surface area contributed by atoms with E-state index in [0.29, 0.717) is 34.9 Å². The van der Waals surface area contributed by atoms with Gasteiger partial charge in [-0.05, 0) is 36.5 Å². The van der Waals surface area contributed by atoms with E-state index in [2.05, 4.69) is 0 Å². The van der Waals surface area contributed by atoms with Crippen molar-refractivity contribution in [3.05, 3.63) is 22.7 Å². The molecule has 0 saturated carbocycles. The van der Waals surface area contributed by atoms with E-state index in [9.17, 15) is 0 Å². The van der Waals surface area contributed by atoms with Crippen LogP contribution in [0.3, 0.4) is 0 Å². The molecule has 1 aliphatic heterocycles. The van der Waals surface area contributed by atoms with Crippen LogP contribution in [0.2, 0.25) is 5.02 Å². The van der Waals surface area contributed by atoms with E-state index < -0.39 is 0 Å². The second-order valence-corrected chi connectivity index (χ2v) is 5.28. The highest BCUT2D eigenvalue weighted by atomic mass is 35.5. The summed E-state index contributed by atoms with van der Waals surface area (Å²) in [6.07, 6.45) is 2.05. The van der Waals surface area contributed by atoms with E-state index in [-0.39, 0.29) is 0 Å². The Bertz CT molecular complexity index is 417. The number of hydrogen-bond acceptors (Lipinski definition) is 3. The number of halogens is 2. The molecule has 0 radical (unpaired) electrons. The van der Waals surface area contributed by atoms with Gasteiger partial charge in [0.25, 0.3) is 0 Å². The molecular formula is C14H18Cl2O3. The van der Waals surface area contributed by atoms with Crippen LogP contribution in [-0.2, 0) is 10.6 Å². The van der Waals surface area contributed by atoms with Crippen molar-refractivity contribution in [2.45, 2.75) is 18.7 Å². The summed E-state index contributed by atoms with van der Waals surface area (Å²) in [4.78, 5) is 0. The number of alkyl halides is 1. The second kappa shape index (κ2) is 7.22. The monoisotopic (exact) mass is 304 g/mol. The highest BCUT2D eigenvalue weighted by Gasteiger charge is 2.17. The molecule has 5 heteroatoms. The summed E-state index contributed by atoms with van der Waals surface area (Å²) in [5.41, 5.74) is 0.918. The minimum atomic E-state index is 0.399. The van der Waals surface area contributed by atoms with E-state index in [0.717, 1.165) is 31.6 Å². The molecule has 19 heavy (non-hydrogen) atoms. The highest BCUT2D eigenvalue weighted by Crippen LogP contribution is 2.37. The Balaban J connectivity index is 2.05. The van der Waals surface area contributed by atoms with Crippen LogP contribution in [-0.4, -0.2) is 26.9 Å². The quantitative estimate of drug-likeness (QED) is 0.772. The van der Waals surface area contributed by atoms with Crippen molar-refractivity contribution in [3.63, 3.8) is 0 Å². The summed E-state index contributed by atoms with van der Waals surface area (Å²) in [6.45, 7) is 2.26. The van der Waals surface area contributed by atoms with Gasteiger partial charge in [0.1, 0.15) is 0 Å². The van der Waals surface area contributed by atoms with Gasteiger partial charge in [0.2, 0.25) is 0 Å². The maximum atomic E-state index is 6.22. The standard InChI is InChI=1S/C14H18Cl2O3/c1-17-13-7-11(8-15)6-12(16)14(13)19-9-10-2-4-18-5-3-10/h6-7,10H,2-5,8-9H2,1H3. The van der Waals surface area contributed by atoms with Crippen LogP contribution in [0.25, 0.3) is 0 Å². The van der Waals surface area contributed by atoms with Crippen molar-refractivity contribution in [3.8, 4) is 11.5 Å². The molecule has 0 spiro atoms. The molecule has 0 atom stereocenters. The Morgan fingerprint density at radius 2 is 2.05 bits per heavy atom. The highest BCUT2D eigenvalue weighted by molar-refractivity contribution is 6.32. The van der Waals surface area contributed by atoms with Gasteiger partial charge in [-0.15, -0.1) is 11.6 Å². The van der Waals surface area contributed by atoms with Gasteiger partial charge in [0.15, 0.2) is 11.5 Å². The molecule has 0 unspecified atom stereocenters. The smallest absolute Gasteiger partial charge is 0.179 e. The van der Waals surface area contributed by atoms with E-state index in [1.54, 1.807) is 7.11 Å². The molecular weight excluding hydrogens is 287 g/mol. The summed E-state index contributed by atoms with van der Waals surface area (Å²) < 4.78 is 16.5. The Kier molecular flexibility index (Phi) is 5.61. The maximum absolute atomic E-state index is 6.22. The molecule has 0 N–H and O–H groups in total. The lowest BCUT2D eigenvalue weighted by Crippen LogP contribution is -2.21. The normalized spacial score (nSPS) is 16.4. The second-order valence-electron chi connectivity index (χ2n) is 4.61. The largest absolute Gasteiger partial charge is 0.493 e. The fraction of sp³-hybridized carbons (Fsp3) is 0.571. The fourth-order valence-electron chi connectivity index (χ4n) is 2.10. The van der Waals surface area contributed by atoms with Gasteiger partial charge in [-0.25, -0.2) is 0 Å². The minimum Gasteiger partial charge on any atom is -0.493 e. The molecule has 106 valence electrons. The average molecular weight is 305 g/mol. The fourth-order valence-corrected chi connectivity index (χ4v) is 2.55. The lowest BCUT2D eigenvalue weighted by atomic mass is 10.0. The van der Waals surface area contributed by atoms with Crippen molar-refractivity contribution in [2.24, 2.45) is 5.92 Å². The lowest BCUT2D eigenvalue weighted by Gasteiger charge is -2.23. The molecule has 0 amide bonds. The first-order valence-electron chi connectivity index (χ1n) is 6.37. The Morgan fingerprint density at radius 3 is 2.68 bits per heavy atom. The van der Waals surface area contributed by atoms with E-state index in [1.165, 1.54) is 0 Å². The average Bonchev–Trinajstić information content (AvgIpc) is 2.46. The molecule has 1 aromatic rings. The van der Waals surface area contributed by atoms with Crippen LogP contribution in [0.15, 0.2) is 12.1 Å². The third kappa shape index (κ3) is 3.91. The van der Waals surface area contributed by atoms with Crippen LogP contribution in [0, 0.1) is 5.92 Å². The molecule has 1 heterocycles. The Morgan fingerprint density at radius 1 is 1.32 bits per heavy atom. The SMILES string of the molecule is COc1cc(CCl)cc(Cl)c1OCC1CCOCC1. The predicted molar refractivity (Wildman–Crippen MR) is 76.6 cm³/mol. The van der Waals surface area contributed by atoms with Gasteiger partial charge in [-0.2, -0.15) is 0 Å². The van der Waals surface area contributed by atoms with Gasteiger partial charge >= 0.3 is 0 Å². The van der Waals surface area contributed by atoms with Crippen molar-refractivity contribution >= 4 is 23.2 Å². The van der Waals surface area contributed by atoms with Crippen molar-refractivity contribution < 1.29 is 14.2 Å². The predicted octanol–water partition coefficient (Wildman–Crippen LogP) is 3.89. The lowest BCUT2D eigenvalue weighted by molar-refractivity contribution is 0.0493. The topological polar surface area (TPSA) is 27.7 Å². The van der Waals surface area contributed by atoms with Gasteiger partial charge in [-0.1, -0.05) is 11.6 Å². The number of methoxy groups -OCH3 is 1. The molecule has 2 rings (SSSR count). The van der Waals surface area contributed by atoms with Crippen molar-refractivity contribution in [1.29, 1.82) is 0 Å². The van der Waals surface area contributed by atoms with Crippen molar-refractivity contribution in [2.75, 3.05) is 26.9 Å². The van der Waals surface area contributed by atoms with Crippen molar-refractivity contribution in [1.82, 2.24) is 0 Å². The summed E-state index contributed by atoms with van der Waals surface area (Å²) in [5.74, 6) is 2.15. The number of rotatable bonds is 5. The van der Waals surface area contributed by atoms with Crippen LogP contribution < -0.4 is 9.47 Å². The molecule has 0 aromatic heterocycles. The molecule has 0 bridgehead atoms. The number of ether oxygens (including phenoxy) is 3. The van der Waals surface area contributed by atoms with Gasteiger partial charge in [0.05, 0.1) is 18.7 Å². The molecule has 1 fully saturated rings. The van der Waals surface area contributed by atoms with E-state index >= 15 is 0 Å². The third-order valence-electron chi connectivity index (χ3n) is 3.25. The zero-order chi connectivity index (χ0) is 13.7. The molecule has 1 aromatic carbocycles. The number of hydrogen-bond donors (Lipinski definition) is 0.